The van der Waals surface area contributed by atoms with Gasteiger partial charge in [0.1, 0.15) is 8.57 Å². The zero-order chi connectivity index (χ0) is 9.68. The lowest BCUT2D eigenvalue weighted by atomic mass is 10.1. The van der Waals surface area contributed by atoms with Gasteiger partial charge in [0.05, 0.1) is 7.11 Å². The molecule has 0 aromatic heterocycles. The predicted octanol–water partition coefficient (Wildman–Crippen LogP) is 1.20. The summed E-state index contributed by atoms with van der Waals surface area (Å²) in [5.74, 6) is 0.831. The van der Waals surface area contributed by atoms with E-state index in [1.165, 1.54) is 0 Å². The van der Waals surface area contributed by atoms with Gasteiger partial charge in [-0.05, 0) is 30.7 Å². The van der Waals surface area contributed by atoms with Crippen LogP contribution in [0.2, 0.25) is 2.82 Å². The van der Waals surface area contributed by atoms with Gasteiger partial charge in [-0.15, -0.1) is 0 Å². The van der Waals surface area contributed by atoms with Crippen molar-refractivity contribution < 1.29 is 7.56 Å². The molecule has 0 amide bonds. The summed E-state index contributed by atoms with van der Waals surface area (Å²) in [6.45, 7) is 0.423. The molecule has 0 bridgehead atoms. The Balaban J connectivity index is 2.49. The molecule has 0 radical (unpaired) electrons. The molecule has 0 atom stereocenters. The quantitative estimate of drug-likeness (QED) is 0.705. The van der Waals surface area contributed by atoms with Gasteiger partial charge < -0.3 is 10.5 Å². The number of ether oxygens (including phenoxy) is 1. The van der Waals surface area contributed by atoms with Crippen LogP contribution in [0.4, 0.5) is 0 Å². The van der Waals surface area contributed by atoms with Crippen LogP contribution in [0, 0.1) is 0 Å². The van der Waals surface area contributed by atoms with Gasteiger partial charge in [-0.1, -0.05) is 12.1 Å². The summed E-state index contributed by atoms with van der Waals surface area (Å²) >= 11 is 0. The molecule has 1 aromatic rings. The van der Waals surface area contributed by atoms with E-state index in [2.05, 4.69) is 0 Å². The van der Waals surface area contributed by atoms with Crippen LogP contribution in [-0.4, -0.2) is 13.7 Å². The first-order valence-corrected chi connectivity index (χ1v) is 3.60. The van der Waals surface area contributed by atoms with Crippen molar-refractivity contribution in [3.8, 4) is 5.75 Å². The van der Waals surface area contributed by atoms with Gasteiger partial charge in [0.2, 0.25) is 0 Å². The zero-order valence-corrected chi connectivity index (χ0v) is 6.58. The summed E-state index contributed by atoms with van der Waals surface area (Å²) < 4.78 is 18.8. The average molecular weight is 153 g/mol. The minimum absolute atomic E-state index is 0.423. The van der Waals surface area contributed by atoms with Crippen molar-refractivity contribution in [2.24, 2.45) is 5.72 Å². The maximum Gasteiger partial charge on any atom is 0.118 e. The Kier molecular flexibility index (Phi) is 2.03. The molecular weight excluding hydrogens is 138 g/mol. The number of hydrogen-bond donors (Lipinski definition) is 1. The van der Waals surface area contributed by atoms with Gasteiger partial charge in [0.25, 0.3) is 0 Å². The number of rotatable bonds is 4. The molecule has 0 spiro atoms. The van der Waals surface area contributed by atoms with Crippen LogP contribution in [0.1, 0.15) is 5.56 Å². The molecule has 1 rings (SSSR count). The molecule has 2 nitrogen and oxygen atoms in total. The van der Waals surface area contributed by atoms with Crippen molar-refractivity contribution in [3.63, 3.8) is 0 Å². The smallest absolute Gasteiger partial charge is 0.118 e. The molecular formula is C9H13NO. The van der Waals surface area contributed by atoms with Crippen LogP contribution < -0.4 is 10.5 Å². The fourth-order valence-electron chi connectivity index (χ4n) is 0.921. The molecule has 0 aliphatic rings. The summed E-state index contributed by atoms with van der Waals surface area (Å²) in [6.07, 6.45) is 0.719. The molecule has 0 saturated heterocycles. The molecule has 1 aromatic carbocycles. The molecule has 2 N–H and O–H groups in total. The third-order valence-corrected chi connectivity index (χ3v) is 1.56. The standard InChI is InChI=1S/C9H13NO/c1-11-9-4-2-8(3-5-9)6-7-10/h2-5H,6-7,10H2,1H3/i/hD2. The van der Waals surface area contributed by atoms with Gasteiger partial charge in [0.15, 0.2) is 0 Å². The third kappa shape index (κ3) is 2.24. The van der Waals surface area contributed by atoms with Crippen molar-refractivity contribution in [1.82, 2.24) is 0 Å². The van der Waals surface area contributed by atoms with Crippen LogP contribution >= 0.6 is 0 Å². The monoisotopic (exact) mass is 153 g/mol. The molecule has 60 valence electrons. The largest absolute Gasteiger partial charge is 0.497 e. The number of nitrogens with two attached hydrogens (primary N) is 1. The fraction of sp³-hybridized carbons (Fsp3) is 0.333. The minimum Gasteiger partial charge on any atom is -0.497 e. The van der Waals surface area contributed by atoms with Crippen molar-refractivity contribution in [2.75, 3.05) is 13.7 Å². The SMILES string of the molecule is [2H]N([2H])CCc1ccc(OC)cc1. The highest BCUT2D eigenvalue weighted by Crippen LogP contribution is 2.10. The molecule has 0 fully saturated rings. The second-order valence-corrected chi connectivity index (χ2v) is 2.32. The first-order chi connectivity index (χ1) is 6.22. The molecule has 0 aliphatic carbocycles. The first-order valence-electron chi connectivity index (χ1n) is 4.50. The van der Waals surface area contributed by atoms with E-state index >= 15 is 0 Å². The van der Waals surface area contributed by atoms with E-state index in [-0.39, 0.29) is 0 Å². The Hall–Kier alpha value is -1.02. The van der Waals surface area contributed by atoms with Crippen LogP contribution in [0.25, 0.3) is 0 Å². The maximum absolute atomic E-state index is 6.88. The van der Waals surface area contributed by atoms with Gasteiger partial charge >= 0.3 is 0 Å². The van der Waals surface area contributed by atoms with Crippen molar-refractivity contribution in [1.29, 1.82) is 0 Å². The second-order valence-electron chi connectivity index (χ2n) is 2.32. The van der Waals surface area contributed by atoms with E-state index in [9.17, 15) is 0 Å². The van der Waals surface area contributed by atoms with Crippen LogP contribution in [0.5, 0.6) is 5.75 Å². The molecule has 0 heterocycles. The third-order valence-electron chi connectivity index (χ3n) is 1.56. The molecule has 11 heavy (non-hydrogen) atoms. The lowest BCUT2D eigenvalue weighted by Crippen LogP contribution is -2.02. The van der Waals surface area contributed by atoms with Crippen LogP contribution in [0.15, 0.2) is 24.3 Å². The van der Waals surface area contributed by atoms with E-state index in [0.29, 0.717) is 12.3 Å². The average Bonchev–Trinajstić information content (AvgIpc) is 2.15. The van der Waals surface area contributed by atoms with Gasteiger partial charge in [-0.2, -0.15) is 0 Å². The topological polar surface area (TPSA) is 35.2 Å². The van der Waals surface area contributed by atoms with E-state index in [4.69, 9.17) is 7.56 Å². The highest BCUT2D eigenvalue weighted by Gasteiger charge is 1.91. The Morgan fingerprint density at radius 2 is 2.18 bits per heavy atom. The summed E-state index contributed by atoms with van der Waals surface area (Å²) in [4.78, 5) is 0. The number of benzene rings is 1. The Labute approximate surface area is 69.9 Å². The number of hydrogen-bond acceptors (Lipinski definition) is 2. The Bertz CT molecular complexity index is 248. The second kappa shape index (κ2) is 3.98. The van der Waals surface area contributed by atoms with E-state index < -0.39 is 0 Å². The van der Waals surface area contributed by atoms with Crippen molar-refractivity contribution in [3.05, 3.63) is 29.8 Å². The first kappa shape index (κ1) is 5.61. The molecule has 2 heteroatoms. The highest BCUT2D eigenvalue weighted by atomic mass is 16.5. The maximum atomic E-state index is 6.88. The van der Waals surface area contributed by atoms with Crippen LogP contribution in [-0.2, 0) is 6.42 Å². The molecule has 0 aliphatic heterocycles. The van der Waals surface area contributed by atoms with Crippen molar-refractivity contribution >= 4 is 0 Å². The zero-order valence-electron chi connectivity index (χ0n) is 8.58. The summed E-state index contributed by atoms with van der Waals surface area (Å²) in [5, 5.41) is 0. The van der Waals surface area contributed by atoms with E-state index in [1.54, 1.807) is 7.11 Å². The predicted molar refractivity (Wildman–Crippen MR) is 45.8 cm³/mol. The minimum atomic E-state index is 0.423. The Morgan fingerprint density at radius 3 is 2.73 bits per heavy atom. The Morgan fingerprint density at radius 1 is 1.45 bits per heavy atom. The van der Waals surface area contributed by atoms with Crippen LogP contribution in [0.3, 0.4) is 0 Å². The summed E-state index contributed by atoms with van der Waals surface area (Å²) in [6, 6.07) is 7.66. The lowest BCUT2D eigenvalue weighted by Gasteiger charge is -2.00. The normalized spacial score (nSPS) is 12.5. The van der Waals surface area contributed by atoms with Gasteiger partial charge in [-0.25, -0.2) is 0 Å². The van der Waals surface area contributed by atoms with Crippen molar-refractivity contribution in [2.45, 2.75) is 6.42 Å². The lowest BCUT2D eigenvalue weighted by molar-refractivity contribution is 0.414. The molecule has 0 unspecified atom stereocenters. The van der Waals surface area contributed by atoms with Gasteiger partial charge in [0, 0.05) is 0 Å². The van der Waals surface area contributed by atoms with E-state index in [1.807, 2.05) is 24.3 Å². The van der Waals surface area contributed by atoms with E-state index in [0.717, 1.165) is 17.7 Å². The number of methoxy groups -OCH3 is 1. The highest BCUT2D eigenvalue weighted by molar-refractivity contribution is 5.27. The molecule has 0 saturated carbocycles. The summed E-state index contributed by atoms with van der Waals surface area (Å²) in [7, 11) is 1.63. The fourth-order valence-corrected chi connectivity index (χ4v) is 0.921. The summed E-state index contributed by atoms with van der Waals surface area (Å²) in [5.41, 5.74) is 1.80. The van der Waals surface area contributed by atoms with Gasteiger partial charge in [-0.3, -0.25) is 0 Å².